The van der Waals surface area contributed by atoms with Crippen molar-refractivity contribution in [2.45, 2.75) is 109 Å². The zero-order chi connectivity index (χ0) is 26.3. The van der Waals surface area contributed by atoms with E-state index in [1.54, 1.807) is 12.2 Å². The van der Waals surface area contributed by atoms with Gasteiger partial charge in [0, 0.05) is 22.8 Å². The van der Waals surface area contributed by atoms with E-state index in [1.165, 1.54) is 6.08 Å². The molecule has 200 valence electrons. The molecule has 0 spiro atoms. The molecule has 36 heavy (non-hydrogen) atoms. The maximum atomic E-state index is 17.6. The van der Waals surface area contributed by atoms with Gasteiger partial charge in [0.15, 0.2) is 29.1 Å². The topological polar surface area (TPSA) is 84.9 Å². The third-order valence-corrected chi connectivity index (χ3v) is 10.4. The fourth-order valence-electron chi connectivity index (χ4n) is 8.71. The number of aliphatic hydroxyl groups is 1. The monoisotopic (exact) mass is 503 g/mol. The highest BCUT2D eigenvalue weighted by molar-refractivity contribution is 6.01. The van der Waals surface area contributed by atoms with Crippen LogP contribution in [-0.4, -0.2) is 59.0 Å². The summed E-state index contributed by atoms with van der Waals surface area (Å²) < 4.78 is 30.5. The number of nitrogens with one attached hydrogen (secondary N) is 1. The van der Waals surface area contributed by atoms with Crippen molar-refractivity contribution in [3.05, 3.63) is 23.8 Å². The average molecular weight is 504 g/mol. The van der Waals surface area contributed by atoms with Crippen molar-refractivity contribution in [3.63, 3.8) is 0 Å². The van der Waals surface area contributed by atoms with E-state index in [2.05, 4.69) is 12.2 Å². The molecule has 0 bridgehead atoms. The number of aliphatic hydroxyl groups excluding tert-OH is 1. The third-order valence-electron chi connectivity index (χ3n) is 10.4. The largest absolute Gasteiger partial charge is 0.390 e. The van der Waals surface area contributed by atoms with Crippen molar-refractivity contribution in [2.24, 2.45) is 28.6 Å². The first-order valence-corrected chi connectivity index (χ1v) is 13.8. The number of fused-ring (bicyclic) bond motifs is 7. The summed E-state index contributed by atoms with van der Waals surface area (Å²) in [7, 11) is 0. The molecule has 0 amide bonds. The van der Waals surface area contributed by atoms with Crippen LogP contribution in [0.5, 0.6) is 0 Å². The molecule has 5 aliphatic rings. The van der Waals surface area contributed by atoms with Gasteiger partial charge in [0.1, 0.15) is 0 Å². The van der Waals surface area contributed by atoms with Gasteiger partial charge >= 0.3 is 0 Å². The van der Waals surface area contributed by atoms with Crippen LogP contribution >= 0.6 is 0 Å². The molecule has 6 nitrogen and oxygen atoms in total. The Hall–Kier alpha value is -1.41. The maximum absolute atomic E-state index is 17.6. The minimum absolute atomic E-state index is 0.0169. The van der Waals surface area contributed by atoms with E-state index < -0.39 is 46.5 Å². The molecule has 10 atom stereocenters. The minimum atomic E-state index is -1.95. The lowest BCUT2D eigenvalue weighted by atomic mass is 9.43. The van der Waals surface area contributed by atoms with Crippen molar-refractivity contribution in [1.29, 1.82) is 0 Å². The summed E-state index contributed by atoms with van der Waals surface area (Å²) in [5.74, 6) is -0.911. The lowest BCUT2D eigenvalue weighted by Gasteiger charge is -2.63. The number of halogens is 1. The van der Waals surface area contributed by atoms with Gasteiger partial charge in [-0.05, 0) is 56.6 Å². The van der Waals surface area contributed by atoms with E-state index in [-0.39, 0.29) is 42.4 Å². The number of ketones is 2. The fourth-order valence-corrected chi connectivity index (χ4v) is 8.71. The first-order chi connectivity index (χ1) is 16.8. The van der Waals surface area contributed by atoms with Gasteiger partial charge in [-0.2, -0.15) is 0 Å². The zero-order valence-corrected chi connectivity index (χ0v) is 22.5. The van der Waals surface area contributed by atoms with E-state index in [1.807, 2.05) is 34.6 Å². The number of ether oxygens (including phenoxy) is 2. The van der Waals surface area contributed by atoms with Crippen LogP contribution in [0.25, 0.3) is 0 Å². The van der Waals surface area contributed by atoms with Crippen LogP contribution in [-0.2, 0) is 19.1 Å². The van der Waals surface area contributed by atoms with Gasteiger partial charge in [-0.15, -0.1) is 0 Å². The van der Waals surface area contributed by atoms with Crippen molar-refractivity contribution in [3.8, 4) is 0 Å². The lowest BCUT2D eigenvalue weighted by molar-refractivity contribution is -0.233. The first-order valence-electron chi connectivity index (χ1n) is 13.8. The van der Waals surface area contributed by atoms with Gasteiger partial charge < -0.3 is 19.9 Å². The second-order valence-electron chi connectivity index (χ2n) is 12.7. The van der Waals surface area contributed by atoms with Crippen LogP contribution in [0.4, 0.5) is 4.39 Å². The van der Waals surface area contributed by atoms with Crippen molar-refractivity contribution >= 4 is 11.6 Å². The standard InChI is InChI=1S/C29H42FNO5/c1-7-8-25-35-24-13-20-21-11-17(4)19-12-18(32)9-10-26(19,5)28(21,30)22(33)14-27(20,6)29(24,36-25)23(34)15-31-16(2)3/h9-10,12,16-17,20-22,24-25,31,33H,7-8,11,13-15H2,1-6H3/t17-,20-,21-,22-,24+,25?,26-,27-,28-,29+/m0/s1. The Morgan fingerprint density at radius 1 is 1.28 bits per heavy atom. The van der Waals surface area contributed by atoms with E-state index in [4.69, 9.17) is 9.47 Å². The Morgan fingerprint density at radius 3 is 2.67 bits per heavy atom. The molecule has 7 heteroatoms. The van der Waals surface area contributed by atoms with Gasteiger partial charge in [0.2, 0.25) is 0 Å². The number of alkyl halides is 1. The van der Waals surface area contributed by atoms with Crippen molar-refractivity contribution in [2.75, 3.05) is 6.54 Å². The summed E-state index contributed by atoms with van der Waals surface area (Å²) in [5.41, 5.74) is -4.27. The second-order valence-corrected chi connectivity index (χ2v) is 12.7. The molecule has 0 aromatic heterocycles. The van der Waals surface area contributed by atoms with E-state index in [9.17, 15) is 14.7 Å². The van der Waals surface area contributed by atoms with E-state index in [0.29, 0.717) is 19.3 Å². The fraction of sp³-hybridized carbons (Fsp3) is 0.793. The number of carbonyl (C=O) groups excluding carboxylic acids is 2. The van der Waals surface area contributed by atoms with E-state index in [0.717, 1.165) is 12.0 Å². The molecule has 1 unspecified atom stereocenters. The van der Waals surface area contributed by atoms with Gasteiger partial charge in [0.05, 0.1) is 18.8 Å². The Bertz CT molecular complexity index is 1010. The van der Waals surface area contributed by atoms with Gasteiger partial charge in [-0.1, -0.05) is 52.7 Å². The predicted molar refractivity (Wildman–Crippen MR) is 134 cm³/mol. The highest BCUT2D eigenvalue weighted by Crippen LogP contribution is 2.72. The summed E-state index contributed by atoms with van der Waals surface area (Å²) in [4.78, 5) is 26.2. The molecule has 0 aromatic rings. The highest BCUT2D eigenvalue weighted by Gasteiger charge is 2.79. The Balaban J connectivity index is 1.59. The molecule has 4 fully saturated rings. The van der Waals surface area contributed by atoms with Crippen LogP contribution in [0.3, 0.4) is 0 Å². The quantitative estimate of drug-likeness (QED) is 0.569. The van der Waals surface area contributed by atoms with Crippen molar-refractivity contribution < 1.29 is 28.6 Å². The Labute approximate surface area is 214 Å². The predicted octanol–water partition coefficient (Wildman–Crippen LogP) is 4.06. The summed E-state index contributed by atoms with van der Waals surface area (Å²) in [5, 5.41) is 14.9. The first kappa shape index (κ1) is 26.2. The number of rotatable bonds is 6. The molecule has 1 aliphatic heterocycles. The minimum Gasteiger partial charge on any atom is -0.390 e. The van der Waals surface area contributed by atoms with Gasteiger partial charge in [-0.25, -0.2) is 4.39 Å². The highest BCUT2D eigenvalue weighted by atomic mass is 19.1. The summed E-state index contributed by atoms with van der Waals surface area (Å²) >= 11 is 0. The molecule has 2 N–H and O–H groups in total. The molecule has 4 aliphatic carbocycles. The Morgan fingerprint density at radius 2 is 2.00 bits per heavy atom. The molecule has 1 heterocycles. The molecule has 0 aromatic carbocycles. The normalized spacial score (nSPS) is 49.4. The molecule has 0 radical (unpaired) electrons. The number of carbonyl (C=O) groups is 2. The summed E-state index contributed by atoms with van der Waals surface area (Å²) in [6.07, 6.45) is 5.12. The number of hydrogen-bond donors (Lipinski definition) is 2. The third kappa shape index (κ3) is 3.21. The van der Waals surface area contributed by atoms with E-state index >= 15 is 4.39 Å². The van der Waals surface area contributed by atoms with Crippen LogP contribution in [0.2, 0.25) is 0 Å². The smallest absolute Gasteiger partial charge is 0.181 e. The maximum Gasteiger partial charge on any atom is 0.181 e. The van der Waals surface area contributed by atoms with Crippen LogP contribution < -0.4 is 5.32 Å². The van der Waals surface area contributed by atoms with Gasteiger partial charge in [-0.3, -0.25) is 9.59 Å². The summed E-state index contributed by atoms with van der Waals surface area (Å²) in [6, 6.07) is 0.128. The Kier molecular flexibility index (Phi) is 6.23. The van der Waals surface area contributed by atoms with Crippen LogP contribution in [0.15, 0.2) is 23.8 Å². The number of hydrogen-bond acceptors (Lipinski definition) is 6. The SMILES string of the molecule is CCCC1O[C@@H]2C[C@H]3[C@@H]4C[C@H](C)C5=CC(=O)C=C[C@]5(C)[C@@]4(F)[C@@H](O)C[C@]3(C)[C@]2(C(=O)CNC(C)C)O1. The van der Waals surface area contributed by atoms with Crippen LogP contribution in [0.1, 0.15) is 73.6 Å². The average Bonchev–Trinajstić information content (AvgIpc) is 3.28. The zero-order valence-electron chi connectivity index (χ0n) is 22.5. The number of allylic oxidation sites excluding steroid dienone is 4. The molecule has 1 saturated heterocycles. The lowest BCUT2D eigenvalue weighted by Crippen LogP contribution is -2.70. The van der Waals surface area contributed by atoms with Crippen LogP contribution in [0, 0.1) is 28.6 Å². The molecule has 5 rings (SSSR count). The second kappa shape index (κ2) is 8.55. The summed E-state index contributed by atoms with van der Waals surface area (Å²) in [6.45, 7) is 12.1. The van der Waals surface area contributed by atoms with Gasteiger partial charge in [0.25, 0.3) is 0 Å². The van der Waals surface area contributed by atoms with Crippen molar-refractivity contribution in [1.82, 2.24) is 5.32 Å². The molecule has 3 saturated carbocycles. The molecular formula is C29H42FNO5. The number of Topliss-reactive ketones (excluding diaryl/α,β-unsaturated/α-hetero) is 1. The molecular weight excluding hydrogens is 461 g/mol.